The summed E-state index contributed by atoms with van der Waals surface area (Å²) >= 11 is 0.792. The summed E-state index contributed by atoms with van der Waals surface area (Å²) in [7, 11) is 0. The molecule has 0 bridgehead atoms. The van der Waals surface area contributed by atoms with E-state index in [0.29, 0.717) is 12.8 Å². The third kappa shape index (κ3) is 2.75. The van der Waals surface area contributed by atoms with Crippen LogP contribution in [0, 0.1) is 5.92 Å². The number of aliphatic hydroxyl groups excluding tert-OH is 1. The SMILES string of the molecule is CCC(O)[C@@H]1C[C@@H](C(C)N)[C@H](n2c(=O)sc3c(=O)[nH]c(N)nc32)O1. The number of aliphatic hydroxyl groups is 1. The first-order valence-electron chi connectivity index (χ1n) is 7.83. The van der Waals surface area contributed by atoms with Crippen LogP contribution in [0.3, 0.4) is 0 Å². The molecule has 2 aromatic heterocycles. The molecule has 0 saturated carbocycles. The summed E-state index contributed by atoms with van der Waals surface area (Å²) in [4.78, 5) is 30.6. The molecule has 1 aliphatic rings. The van der Waals surface area contributed by atoms with Crippen molar-refractivity contribution in [3.05, 3.63) is 20.0 Å². The molecule has 0 radical (unpaired) electrons. The lowest BCUT2D eigenvalue weighted by molar-refractivity contribution is -0.0664. The van der Waals surface area contributed by atoms with E-state index in [-0.39, 0.29) is 33.1 Å². The number of hydrogen-bond donors (Lipinski definition) is 4. The average Bonchev–Trinajstić information content (AvgIpc) is 3.07. The molecule has 0 amide bonds. The third-order valence-corrected chi connectivity index (χ3v) is 5.40. The van der Waals surface area contributed by atoms with Crippen LogP contribution in [0.25, 0.3) is 10.3 Å². The van der Waals surface area contributed by atoms with Gasteiger partial charge in [0, 0.05) is 12.0 Å². The van der Waals surface area contributed by atoms with Crippen molar-refractivity contribution in [2.45, 2.75) is 51.2 Å². The van der Waals surface area contributed by atoms with Crippen LogP contribution in [0.4, 0.5) is 5.95 Å². The van der Waals surface area contributed by atoms with Crippen molar-refractivity contribution < 1.29 is 9.84 Å². The smallest absolute Gasteiger partial charge is 0.311 e. The van der Waals surface area contributed by atoms with Crippen LogP contribution in [0.2, 0.25) is 0 Å². The second kappa shape index (κ2) is 6.28. The van der Waals surface area contributed by atoms with Crippen molar-refractivity contribution in [3.63, 3.8) is 0 Å². The van der Waals surface area contributed by atoms with Gasteiger partial charge in [-0.05, 0) is 19.8 Å². The third-order valence-electron chi connectivity index (χ3n) is 4.45. The maximum atomic E-state index is 12.5. The highest BCUT2D eigenvalue weighted by molar-refractivity contribution is 7.16. The summed E-state index contributed by atoms with van der Waals surface area (Å²) in [6.45, 7) is 3.69. The molecule has 0 spiro atoms. The van der Waals surface area contributed by atoms with Crippen molar-refractivity contribution in [3.8, 4) is 0 Å². The van der Waals surface area contributed by atoms with Gasteiger partial charge in [0.1, 0.15) is 10.9 Å². The van der Waals surface area contributed by atoms with E-state index in [2.05, 4.69) is 9.97 Å². The number of nitrogens with two attached hydrogens (primary N) is 2. The molecule has 1 aliphatic heterocycles. The van der Waals surface area contributed by atoms with Gasteiger partial charge in [0.05, 0.1) is 12.2 Å². The minimum atomic E-state index is -0.689. The van der Waals surface area contributed by atoms with Gasteiger partial charge in [-0.2, -0.15) is 4.98 Å². The molecule has 1 saturated heterocycles. The van der Waals surface area contributed by atoms with Crippen molar-refractivity contribution in [2.75, 3.05) is 5.73 Å². The first-order chi connectivity index (χ1) is 11.3. The molecule has 10 heteroatoms. The molecule has 3 heterocycles. The molecule has 0 aliphatic carbocycles. The van der Waals surface area contributed by atoms with Crippen molar-refractivity contribution in [1.82, 2.24) is 14.5 Å². The van der Waals surface area contributed by atoms with Gasteiger partial charge in [0.2, 0.25) is 5.95 Å². The maximum absolute atomic E-state index is 12.5. The zero-order valence-corrected chi connectivity index (χ0v) is 14.2. The number of nitrogen functional groups attached to an aromatic ring is 1. The van der Waals surface area contributed by atoms with Gasteiger partial charge in [0.25, 0.3) is 5.56 Å². The van der Waals surface area contributed by atoms with E-state index in [1.165, 1.54) is 4.57 Å². The van der Waals surface area contributed by atoms with Crippen molar-refractivity contribution >= 4 is 27.6 Å². The number of rotatable bonds is 4. The first kappa shape index (κ1) is 17.1. The molecule has 1 fully saturated rings. The van der Waals surface area contributed by atoms with Crippen LogP contribution in [0.5, 0.6) is 0 Å². The van der Waals surface area contributed by atoms with E-state index in [1.807, 2.05) is 13.8 Å². The zero-order valence-electron chi connectivity index (χ0n) is 13.4. The highest BCUT2D eigenvalue weighted by Gasteiger charge is 2.42. The summed E-state index contributed by atoms with van der Waals surface area (Å²) in [6, 6.07) is -0.259. The van der Waals surface area contributed by atoms with Crippen LogP contribution < -0.4 is 21.9 Å². The van der Waals surface area contributed by atoms with E-state index >= 15 is 0 Å². The van der Waals surface area contributed by atoms with E-state index < -0.39 is 24.0 Å². The predicted octanol–water partition coefficient (Wildman–Crippen LogP) is -0.250. The molecule has 6 N–H and O–H groups in total. The summed E-state index contributed by atoms with van der Waals surface area (Å²) in [5.74, 6) is -0.256. The number of nitrogens with one attached hydrogen (secondary N) is 1. The molecule has 132 valence electrons. The van der Waals surface area contributed by atoms with E-state index in [1.54, 1.807) is 0 Å². The molecular formula is C14H21N5O4S. The Labute approximate surface area is 141 Å². The monoisotopic (exact) mass is 355 g/mol. The van der Waals surface area contributed by atoms with Crippen LogP contribution in [-0.2, 0) is 4.74 Å². The number of ether oxygens (including phenoxy) is 1. The zero-order chi connectivity index (χ0) is 17.6. The predicted molar refractivity (Wildman–Crippen MR) is 90.9 cm³/mol. The summed E-state index contributed by atoms with van der Waals surface area (Å²) in [5, 5.41) is 10.1. The van der Waals surface area contributed by atoms with Crippen LogP contribution in [0.1, 0.15) is 32.9 Å². The van der Waals surface area contributed by atoms with Crippen LogP contribution >= 0.6 is 11.3 Å². The largest absolute Gasteiger partial charge is 0.390 e. The molecule has 5 atom stereocenters. The van der Waals surface area contributed by atoms with E-state index in [4.69, 9.17) is 16.2 Å². The maximum Gasteiger partial charge on any atom is 0.311 e. The second-order valence-electron chi connectivity index (χ2n) is 6.14. The Balaban J connectivity index is 2.13. The fourth-order valence-corrected chi connectivity index (χ4v) is 3.97. The number of hydrogen-bond acceptors (Lipinski definition) is 8. The lowest BCUT2D eigenvalue weighted by Crippen LogP contribution is -2.34. The Kier molecular flexibility index (Phi) is 4.47. The number of thiazole rings is 1. The van der Waals surface area contributed by atoms with Crippen LogP contribution in [-0.4, -0.2) is 37.9 Å². The normalized spacial score (nSPS) is 26.8. The van der Waals surface area contributed by atoms with Crippen LogP contribution in [0.15, 0.2) is 9.59 Å². The topological polar surface area (TPSA) is 149 Å². The molecule has 3 rings (SSSR count). The molecular weight excluding hydrogens is 334 g/mol. The number of H-pyrrole nitrogens is 1. The molecule has 0 aromatic carbocycles. The molecule has 9 nitrogen and oxygen atoms in total. The molecule has 24 heavy (non-hydrogen) atoms. The van der Waals surface area contributed by atoms with Gasteiger partial charge in [0.15, 0.2) is 5.65 Å². The van der Waals surface area contributed by atoms with Gasteiger partial charge in [-0.15, -0.1) is 0 Å². The number of anilines is 1. The standard InChI is InChI=1S/C14H21N5O4S/c1-3-7(20)8-4-6(5(2)15)12(23-8)19-10-9(24-14(19)22)11(21)18-13(16)17-10/h5-8,12,20H,3-4,15H2,1-2H3,(H3,16,17,18,21)/t5?,6-,7?,8-,12+/m0/s1. The first-order valence-corrected chi connectivity index (χ1v) is 8.65. The van der Waals surface area contributed by atoms with Crippen molar-refractivity contribution in [1.29, 1.82) is 0 Å². The minimum absolute atomic E-state index is 0.0699. The number of aromatic amines is 1. The Morgan fingerprint density at radius 1 is 1.54 bits per heavy atom. The Morgan fingerprint density at radius 3 is 2.88 bits per heavy atom. The van der Waals surface area contributed by atoms with Gasteiger partial charge >= 0.3 is 4.87 Å². The molecule has 2 unspecified atom stereocenters. The van der Waals surface area contributed by atoms with Gasteiger partial charge < -0.3 is 21.3 Å². The Bertz CT molecular complexity index is 857. The van der Waals surface area contributed by atoms with Gasteiger partial charge in [-0.3, -0.25) is 19.1 Å². The lowest BCUT2D eigenvalue weighted by atomic mass is 9.94. The fourth-order valence-electron chi connectivity index (χ4n) is 3.13. The van der Waals surface area contributed by atoms with Gasteiger partial charge in [-0.25, -0.2) is 0 Å². The molecule has 2 aromatic rings. The number of aromatic nitrogens is 3. The fraction of sp³-hybridized carbons (Fsp3) is 0.643. The van der Waals surface area contributed by atoms with E-state index in [9.17, 15) is 14.7 Å². The highest BCUT2D eigenvalue weighted by Crippen LogP contribution is 2.38. The summed E-state index contributed by atoms with van der Waals surface area (Å²) < 4.78 is 7.48. The Morgan fingerprint density at radius 2 is 2.25 bits per heavy atom. The quantitative estimate of drug-likeness (QED) is 0.590. The summed E-state index contributed by atoms with van der Waals surface area (Å²) in [5.41, 5.74) is 11.4. The highest BCUT2D eigenvalue weighted by atomic mass is 32.1. The van der Waals surface area contributed by atoms with Gasteiger partial charge in [-0.1, -0.05) is 18.3 Å². The number of nitrogens with zero attached hydrogens (tertiary/aromatic N) is 2. The lowest BCUT2D eigenvalue weighted by Gasteiger charge is -2.22. The Hall–Kier alpha value is -1.75. The van der Waals surface area contributed by atoms with Crippen molar-refractivity contribution in [2.24, 2.45) is 11.7 Å². The summed E-state index contributed by atoms with van der Waals surface area (Å²) in [6.07, 6.45) is -0.686. The number of fused-ring (bicyclic) bond motifs is 1. The van der Waals surface area contributed by atoms with E-state index in [0.717, 1.165) is 11.3 Å². The second-order valence-corrected chi connectivity index (χ2v) is 7.10. The average molecular weight is 355 g/mol. The minimum Gasteiger partial charge on any atom is -0.390 e.